The van der Waals surface area contributed by atoms with E-state index in [1.807, 2.05) is 44.2 Å². The third-order valence-corrected chi connectivity index (χ3v) is 2.93. The van der Waals surface area contributed by atoms with Crippen molar-refractivity contribution in [3.63, 3.8) is 0 Å². The molecule has 0 bridgehead atoms. The van der Waals surface area contributed by atoms with Crippen molar-refractivity contribution in [3.8, 4) is 0 Å². The highest BCUT2D eigenvalue weighted by Gasteiger charge is 1.95. The summed E-state index contributed by atoms with van der Waals surface area (Å²) in [6, 6.07) is 18.7. The molecule has 2 unspecified atom stereocenters. The Morgan fingerprint density at radius 3 is 1.47 bits per heavy atom. The Kier molecular flexibility index (Phi) is 6.26. The Balaban J connectivity index is 0.000000191. The van der Waals surface area contributed by atoms with E-state index < -0.39 is 0 Å². The Bertz CT molecular complexity index is 458. The molecule has 0 aliphatic heterocycles. The molecule has 0 aromatic heterocycles. The van der Waals surface area contributed by atoms with Crippen LogP contribution in [0.5, 0.6) is 0 Å². The van der Waals surface area contributed by atoms with Crippen LogP contribution < -0.4 is 11.5 Å². The molecule has 0 aliphatic carbocycles. The zero-order valence-corrected chi connectivity index (χ0v) is 12.0. The Morgan fingerprint density at radius 2 is 1.11 bits per heavy atom. The van der Waals surface area contributed by atoms with Crippen LogP contribution in [0.25, 0.3) is 0 Å². The van der Waals surface area contributed by atoms with E-state index in [1.165, 1.54) is 16.7 Å². The van der Waals surface area contributed by atoms with E-state index in [0.717, 1.165) is 0 Å². The summed E-state index contributed by atoms with van der Waals surface area (Å²) < 4.78 is 0. The second-order valence-corrected chi connectivity index (χ2v) is 4.90. The van der Waals surface area contributed by atoms with Crippen molar-refractivity contribution in [1.29, 1.82) is 0 Å². The maximum absolute atomic E-state index is 5.66. The number of benzene rings is 2. The Morgan fingerprint density at radius 1 is 0.684 bits per heavy atom. The van der Waals surface area contributed by atoms with Crippen LogP contribution in [0.4, 0.5) is 0 Å². The van der Waals surface area contributed by atoms with E-state index in [2.05, 4.69) is 31.2 Å². The highest BCUT2D eigenvalue weighted by molar-refractivity contribution is 5.23. The van der Waals surface area contributed by atoms with Gasteiger partial charge in [-0.3, -0.25) is 0 Å². The van der Waals surface area contributed by atoms with Gasteiger partial charge in [0.1, 0.15) is 0 Å². The quantitative estimate of drug-likeness (QED) is 0.860. The van der Waals surface area contributed by atoms with Gasteiger partial charge in [-0.1, -0.05) is 60.2 Å². The van der Waals surface area contributed by atoms with Crippen molar-refractivity contribution in [1.82, 2.24) is 0 Å². The van der Waals surface area contributed by atoms with Crippen molar-refractivity contribution in [2.45, 2.75) is 32.9 Å². The predicted molar refractivity (Wildman–Crippen MR) is 82.8 cm³/mol. The van der Waals surface area contributed by atoms with Crippen LogP contribution in [-0.2, 0) is 0 Å². The molecule has 2 rings (SSSR count). The number of hydrogen-bond donors (Lipinski definition) is 2. The third kappa shape index (κ3) is 5.69. The topological polar surface area (TPSA) is 52.0 Å². The summed E-state index contributed by atoms with van der Waals surface area (Å²) in [4.78, 5) is 0. The van der Waals surface area contributed by atoms with Crippen molar-refractivity contribution < 1.29 is 0 Å². The van der Waals surface area contributed by atoms with Gasteiger partial charge in [-0.15, -0.1) is 0 Å². The fourth-order valence-electron chi connectivity index (χ4n) is 1.63. The van der Waals surface area contributed by atoms with Crippen LogP contribution in [0.3, 0.4) is 0 Å². The first kappa shape index (κ1) is 15.4. The van der Waals surface area contributed by atoms with Gasteiger partial charge in [-0.05, 0) is 31.9 Å². The van der Waals surface area contributed by atoms with Crippen molar-refractivity contribution >= 4 is 0 Å². The largest absolute Gasteiger partial charge is 0.324 e. The highest BCUT2D eigenvalue weighted by Crippen LogP contribution is 2.09. The molecule has 0 heterocycles. The highest BCUT2D eigenvalue weighted by atomic mass is 14.6. The molecule has 0 radical (unpaired) electrons. The molecule has 0 spiro atoms. The van der Waals surface area contributed by atoms with Crippen LogP contribution in [0.15, 0.2) is 54.6 Å². The first-order valence-corrected chi connectivity index (χ1v) is 6.63. The fraction of sp³-hybridized carbons (Fsp3) is 0.294. The second-order valence-electron chi connectivity index (χ2n) is 4.90. The van der Waals surface area contributed by atoms with Gasteiger partial charge >= 0.3 is 0 Å². The van der Waals surface area contributed by atoms with E-state index in [1.54, 1.807) is 0 Å². The van der Waals surface area contributed by atoms with E-state index in [4.69, 9.17) is 11.5 Å². The van der Waals surface area contributed by atoms with Gasteiger partial charge in [0.2, 0.25) is 0 Å². The van der Waals surface area contributed by atoms with Crippen molar-refractivity contribution in [2.24, 2.45) is 11.5 Å². The van der Waals surface area contributed by atoms with Gasteiger partial charge in [0.15, 0.2) is 0 Å². The molecule has 0 fully saturated rings. The molecule has 2 aromatic rings. The van der Waals surface area contributed by atoms with Crippen LogP contribution in [0, 0.1) is 6.92 Å². The molecule has 102 valence electrons. The fourth-order valence-corrected chi connectivity index (χ4v) is 1.63. The van der Waals surface area contributed by atoms with Gasteiger partial charge in [0.25, 0.3) is 0 Å². The van der Waals surface area contributed by atoms with Crippen LogP contribution in [-0.4, -0.2) is 0 Å². The van der Waals surface area contributed by atoms with Gasteiger partial charge in [0, 0.05) is 12.1 Å². The zero-order valence-electron chi connectivity index (χ0n) is 12.0. The summed E-state index contributed by atoms with van der Waals surface area (Å²) in [6.07, 6.45) is 0. The molecule has 2 atom stereocenters. The molecule has 19 heavy (non-hydrogen) atoms. The molecule has 0 amide bonds. The minimum absolute atomic E-state index is 0.153. The summed E-state index contributed by atoms with van der Waals surface area (Å²) >= 11 is 0. The van der Waals surface area contributed by atoms with E-state index >= 15 is 0 Å². The standard InChI is InChI=1S/C9H13N.C8H11N/c1-7-3-5-9(6-4-7)8(2)10;1-7(9)8-5-3-2-4-6-8/h3-6,8H,10H2,1-2H3;2-7H,9H2,1H3. The van der Waals surface area contributed by atoms with Gasteiger partial charge in [-0.25, -0.2) is 0 Å². The van der Waals surface area contributed by atoms with Crippen molar-refractivity contribution in [2.75, 3.05) is 0 Å². The first-order valence-electron chi connectivity index (χ1n) is 6.63. The van der Waals surface area contributed by atoms with E-state index in [9.17, 15) is 0 Å². The average Bonchev–Trinajstić information content (AvgIpc) is 2.41. The minimum atomic E-state index is 0.153. The summed E-state index contributed by atoms with van der Waals surface area (Å²) in [7, 11) is 0. The summed E-state index contributed by atoms with van der Waals surface area (Å²) in [5.41, 5.74) is 15.0. The second kappa shape index (κ2) is 7.72. The van der Waals surface area contributed by atoms with Crippen LogP contribution in [0.1, 0.15) is 42.6 Å². The number of hydrogen-bond acceptors (Lipinski definition) is 2. The monoisotopic (exact) mass is 256 g/mol. The van der Waals surface area contributed by atoms with E-state index in [-0.39, 0.29) is 12.1 Å². The lowest BCUT2D eigenvalue weighted by atomic mass is 10.1. The molecule has 0 saturated heterocycles. The van der Waals surface area contributed by atoms with Crippen LogP contribution >= 0.6 is 0 Å². The summed E-state index contributed by atoms with van der Waals surface area (Å²) in [5, 5.41) is 0. The molecule has 2 aromatic carbocycles. The average molecular weight is 256 g/mol. The lowest BCUT2D eigenvalue weighted by Gasteiger charge is -2.03. The lowest BCUT2D eigenvalue weighted by Crippen LogP contribution is -2.04. The molecule has 0 aliphatic rings. The lowest BCUT2D eigenvalue weighted by molar-refractivity contribution is 0.818. The van der Waals surface area contributed by atoms with Gasteiger partial charge < -0.3 is 11.5 Å². The molecule has 0 saturated carbocycles. The normalized spacial score (nSPS) is 13.1. The molecule has 2 nitrogen and oxygen atoms in total. The molecule has 2 heteroatoms. The predicted octanol–water partition coefficient (Wildman–Crippen LogP) is 3.72. The number of nitrogens with two attached hydrogens (primary N) is 2. The van der Waals surface area contributed by atoms with Crippen LogP contribution in [0.2, 0.25) is 0 Å². The SMILES string of the molecule is CC(N)c1ccccc1.Cc1ccc(C(C)N)cc1. The van der Waals surface area contributed by atoms with Gasteiger partial charge in [0.05, 0.1) is 0 Å². The number of aryl methyl sites for hydroxylation is 1. The zero-order chi connectivity index (χ0) is 14.3. The third-order valence-electron chi connectivity index (χ3n) is 2.93. The molecule has 4 N–H and O–H groups in total. The molecular formula is C17H24N2. The van der Waals surface area contributed by atoms with Gasteiger partial charge in [-0.2, -0.15) is 0 Å². The summed E-state index contributed by atoms with van der Waals surface area (Å²) in [6.45, 7) is 6.05. The van der Waals surface area contributed by atoms with E-state index in [0.29, 0.717) is 0 Å². The smallest absolute Gasteiger partial charge is 0.0266 e. The maximum Gasteiger partial charge on any atom is 0.0266 e. The molecular weight excluding hydrogens is 232 g/mol. The van der Waals surface area contributed by atoms with Crippen molar-refractivity contribution in [3.05, 3.63) is 71.3 Å². The summed E-state index contributed by atoms with van der Waals surface area (Å²) in [5.74, 6) is 0. The maximum atomic E-state index is 5.66. The minimum Gasteiger partial charge on any atom is -0.324 e. The first-order chi connectivity index (χ1) is 9.00. The number of rotatable bonds is 2. The Hall–Kier alpha value is -1.64. The Labute approximate surface area is 116 Å².